The molecule has 0 unspecified atom stereocenters. The minimum atomic E-state index is -0.414. The summed E-state index contributed by atoms with van der Waals surface area (Å²) in [4.78, 5) is 12.1. The number of benzene rings is 1. The lowest BCUT2D eigenvalue weighted by atomic mass is 10.3. The number of carbonyl (C=O) groups is 1. The van der Waals surface area contributed by atoms with Crippen LogP contribution in [0, 0.1) is 0 Å². The summed E-state index contributed by atoms with van der Waals surface area (Å²) in [6.45, 7) is 0. The zero-order valence-corrected chi connectivity index (χ0v) is 11.0. The largest absolute Gasteiger partial charge is 0.396 e. The topological polar surface area (TPSA) is 72.9 Å². The van der Waals surface area contributed by atoms with E-state index in [2.05, 4.69) is 10.4 Å². The van der Waals surface area contributed by atoms with Crippen LogP contribution in [0.5, 0.6) is 0 Å². The predicted molar refractivity (Wildman–Crippen MR) is 72.0 cm³/mol. The van der Waals surface area contributed by atoms with E-state index in [1.165, 1.54) is 10.9 Å². The average Bonchev–Trinajstić information content (AvgIpc) is 2.64. The molecule has 2 aromatic rings. The number of amides is 1. The minimum Gasteiger partial charge on any atom is -0.396 e. The van der Waals surface area contributed by atoms with Crippen molar-refractivity contribution in [2.45, 2.75) is 0 Å². The van der Waals surface area contributed by atoms with E-state index in [0.29, 0.717) is 15.7 Å². The van der Waals surface area contributed by atoms with Crippen LogP contribution in [0.3, 0.4) is 0 Å². The van der Waals surface area contributed by atoms with Gasteiger partial charge in [0, 0.05) is 7.05 Å². The highest BCUT2D eigenvalue weighted by molar-refractivity contribution is 6.40. The number of aromatic nitrogens is 2. The van der Waals surface area contributed by atoms with Gasteiger partial charge in [-0.15, -0.1) is 0 Å². The summed E-state index contributed by atoms with van der Waals surface area (Å²) in [6, 6.07) is 4.96. The van der Waals surface area contributed by atoms with Crippen molar-refractivity contribution < 1.29 is 4.79 Å². The van der Waals surface area contributed by atoms with Gasteiger partial charge in [-0.1, -0.05) is 29.3 Å². The normalized spacial score (nSPS) is 10.4. The third-order valence-electron chi connectivity index (χ3n) is 2.38. The molecular weight excluding hydrogens is 275 g/mol. The second kappa shape index (κ2) is 4.88. The molecule has 0 spiro atoms. The van der Waals surface area contributed by atoms with Gasteiger partial charge in [-0.25, -0.2) is 0 Å². The van der Waals surface area contributed by atoms with Crippen molar-refractivity contribution in [3.63, 3.8) is 0 Å². The maximum Gasteiger partial charge on any atom is 0.276 e. The Morgan fingerprint density at radius 1 is 1.39 bits per heavy atom. The van der Waals surface area contributed by atoms with Crippen LogP contribution in [0.15, 0.2) is 24.4 Å². The van der Waals surface area contributed by atoms with Gasteiger partial charge in [0.2, 0.25) is 0 Å². The second-order valence-electron chi connectivity index (χ2n) is 3.62. The number of carbonyl (C=O) groups excluding carboxylic acids is 1. The Hall–Kier alpha value is -1.72. The fourth-order valence-corrected chi connectivity index (χ4v) is 2.01. The number of aryl methyl sites for hydroxylation is 1. The molecule has 0 bridgehead atoms. The lowest BCUT2D eigenvalue weighted by Gasteiger charge is -2.09. The lowest BCUT2D eigenvalue weighted by Crippen LogP contribution is -2.18. The minimum absolute atomic E-state index is 0.256. The molecule has 0 aliphatic rings. The maximum atomic E-state index is 12.1. The van der Waals surface area contributed by atoms with Crippen LogP contribution in [0.2, 0.25) is 10.0 Å². The monoisotopic (exact) mass is 284 g/mol. The van der Waals surface area contributed by atoms with E-state index < -0.39 is 5.91 Å². The Labute approximate surface area is 113 Å². The zero-order valence-electron chi connectivity index (χ0n) is 9.45. The van der Waals surface area contributed by atoms with E-state index in [9.17, 15) is 4.79 Å². The van der Waals surface area contributed by atoms with Crippen molar-refractivity contribution in [1.82, 2.24) is 9.78 Å². The Balaban J connectivity index is 2.33. The number of rotatable bonds is 2. The molecular formula is C11H10Cl2N4O. The quantitative estimate of drug-likeness (QED) is 0.890. The van der Waals surface area contributed by atoms with Crippen LogP contribution >= 0.6 is 23.2 Å². The van der Waals surface area contributed by atoms with Crippen LogP contribution in [0.25, 0.3) is 0 Å². The molecule has 0 saturated carbocycles. The number of hydrogen-bond acceptors (Lipinski definition) is 3. The van der Waals surface area contributed by atoms with Crippen LogP contribution in [-0.2, 0) is 7.05 Å². The van der Waals surface area contributed by atoms with Crippen molar-refractivity contribution in [3.8, 4) is 0 Å². The van der Waals surface area contributed by atoms with Crippen LogP contribution in [0.4, 0.5) is 11.4 Å². The highest BCUT2D eigenvalue weighted by atomic mass is 35.5. The standard InChI is InChI=1S/C11H10Cl2N4O/c1-17-10(8(14)5-15-17)11(18)16-9-6(12)3-2-4-7(9)13/h2-5H,14H2,1H3,(H,16,18). The Bertz CT molecular complexity index is 569. The molecule has 0 radical (unpaired) electrons. The molecule has 0 fully saturated rings. The number of anilines is 2. The predicted octanol–water partition coefficient (Wildman–Crippen LogP) is 2.56. The third-order valence-corrected chi connectivity index (χ3v) is 3.01. The highest BCUT2D eigenvalue weighted by Crippen LogP contribution is 2.30. The SMILES string of the molecule is Cn1ncc(N)c1C(=O)Nc1c(Cl)cccc1Cl. The number of para-hydroxylation sites is 1. The second-order valence-corrected chi connectivity index (χ2v) is 4.44. The van der Waals surface area contributed by atoms with E-state index >= 15 is 0 Å². The van der Waals surface area contributed by atoms with Gasteiger partial charge in [-0.3, -0.25) is 9.48 Å². The number of nitrogens with two attached hydrogens (primary N) is 1. The van der Waals surface area contributed by atoms with Crippen molar-refractivity contribution in [1.29, 1.82) is 0 Å². The molecule has 3 N–H and O–H groups in total. The molecule has 1 aromatic heterocycles. The van der Waals surface area contributed by atoms with Crippen molar-refractivity contribution >= 4 is 40.5 Å². The van der Waals surface area contributed by atoms with Gasteiger partial charge in [0.25, 0.3) is 5.91 Å². The van der Waals surface area contributed by atoms with Gasteiger partial charge in [-0.2, -0.15) is 5.10 Å². The summed E-state index contributed by atoms with van der Waals surface area (Å²) in [5.74, 6) is -0.414. The van der Waals surface area contributed by atoms with Gasteiger partial charge in [-0.05, 0) is 12.1 Å². The molecule has 1 aromatic carbocycles. The number of hydrogen-bond donors (Lipinski definition) is 2. The fraction of sp³-hybridized carbons (Fsp3) is 0.0909. The number of halogens is 2. The van der Waals surface area contributed by atoms with E-state index in [4.69, 9.17) is 28.9 Å². The van der Waals surface area contributed by atoms with E-state index in [-0.39, 0.29) is 11.4 Å². The molecule has 0 aliphatic heterocycles. The molecule has 7 heteroatoms. The first-order chi connectivity index (χ1) is 8.50. The number of nitrogens with one attached hydrogen (secondary N) is 1. The molecule has 2 rings (SSSR count). The van der Waals surface area contributed by atoms with Crippen molar-refractivity contribution in [2.24, 2.45) is 7.05 Å². The van der Waals surface area contributed by atoms with Gasteiger partial charge < -0.3 is 11.1 Å². The fourth-order valence-electron chi connectivity index (χ4n) is 1.52. The van der Waals surface area contributed by atoms with Gasteiger partial charge >= 0.3 is 0 Å². The molecule has 1 amide bonds. The Morgan fingerprint density at radius 3 is 2.50 bits per heavy atom. The first-order valence-corrected chi connectivity index (χ1v) is 5.79. The molecule has 5 nitrogen and oxygen atoms in total. The summed E-state index contributed by atoms with van der Waals surface area (Å²) in [6.07, 6.45) is 1.41. The summed E-state index contributed by atoms with van der Waals surface area (Å²) in [5.41, 5.74) is 6.56. The molecule has 18 heavy (non-hydrogen) atoms. The van der Waals surface area contributed by atoms with Crippen molar-refractivity contribution in [3.05, 3.63) is 40.1 Å². The van der Waals surface area contributed by atoms with Gasteiger partial charge in [0.1, 0.15) is 5.69 Å². The Morgan fingerprint density at radius 2 is 2.00 bits per heavy atom. The molecule has 94 valence electrons. The lowest BCUT2D eigenvalue weighted by molar-refractivity contribution is 0.101. The molecule has 0 saturated heterocycles. The van der Waals surface area contributed by atoms with Crippen LogP contribution in [-0.4, -0.2) is 15.7 Å². The highest BCUT2D eigenvalue weighted by Gasteiger charge is 2.17. The smallest absolute Gasteiger partial charge is 0.276 e. The molecule has 0 aliphatic carbocycles. The average molecular weight is 285 g/mol. The number of nitrogens with zero attached hydrogens (tertiary/aromatic N) is 2. The maximum absolute atomic E-state index is 12.1. The van der Waals surface area contributed by atoms with Crippen molar-refractivity contribution in [2.75, 3.05) is 11.1 Å². The molecule has 0 atom stereocenters. The van der Waals surface area contributed by atoms with E-state index in [1.807, 2.05) is 0 Å². The van der Waals surface area contributed by atoms with Gasteiger partial charge in [0.05, 0.1) is 27.6 Å². The zero-order chi connectivity index (χ0) is 13.3. The van der Waals surface area contributed by atoms with Crippen LogP contribution in [0.1, 0.15) is 10.5 Å². The summed E-state index contributed by atoms with van der Waals surface area (Å²) >= 11 is 11.9. The third kappa shape index (κ3) is 2.27. The first-order valence-electron chi connectivity index (χ1n) is 5.03. The van der Waals surface area contributed by atoms with E-state index in [1.54, 1.807) is 25.2 Å². The molecule has 1 heterocycles. The number of nitrogen functional groups attached to an aromatic ring is 1. The summed E-state index contributed by atoms with van der Waals surface area (Å²) in [7, 11) is 1.62. The first kappa shape index (κ1) is 12.7. The van der Waals surface area contributed by atoms with E-state index in [0.717, 1.165) is 0 Å². The van der Waals surface area contributed by atoms with Gasteiger partial charge in [0.15, 0.2) is 0 Å². The van der Waals surface area contributed by atoms with Crippen LogP contribution < -0.4 is 11.1 Å². The summed E-state index contributed by atoms with van der Waals surface area (Å²) in [5, 5.41) is 7.22. The Kier molecular flexibility index (Phi) is 3.45. The summed E-state index contributed by atoms with van der Waals surface area (Å²) < 4.78 is 1.38.